The van der Waals surface area contributed by atoms with Crippen molar-refractivity contribution in [2.75, 3.05) is 0 Å². The summed E-state index contributed by atoms with van der Waals surface area (Å²) in [5, 5.41) is 4.20. The van der Waals surface area contributed by atoms with Crippen molar-refractivity contribution in [2.45, 2.75) is 19.9 Å². The maximum Gasteiger partial charge on any atom is 0.0656 e. The molecule has 14 heavy (non-hydrogen) atoms. The van der Waals surface area contributed by atoms with E-state index in [0.717, 1.165) is 0 Å². The predicted molar refractivity (Wildman–Crippen MR) is 64.1 cm³/mol. The molecule has 0 amide bonds. The van der Waals surface area contributed by atoms with Crippen molar-refractivity contribution < 1.29 is 0 Å². The number of hydrogen-bond acceptors (Lipinski definition) is 3. The first kappa shape index (κ1) is 9.90. The van der Waals surface area contributed by atoms with Gasteiger partial charge in [-0.05, 0) is 47.9 Å². The summed E-state index contributed by atoms with van der Waals surface area (Å²) >= 11 is 3.50. The van der Waals surface area contributed by atoms with Crippen molar-refractivity contribution >= 4 is 22.7 Å². The van der Waals surface area contributed by atoms with Crippen molar-refractivity contribution in [3.63, 3.8) is 0 Å². The molecule has 1 nitrogen and oxygen atoms in total. The van der Waals surface area contributed by atoms with Gasteiger partial charge in [0.15, 0.2) is 0 Å². The van der Waals surface area contributed by atoms with Crippen LogP contribution in [-0.4, -0.2) is 0 Å². The van der Waals surface area contributed by atoms with Gasteiger partial charge in [-0.1, -0.05) is 0 Å². The van der Waals surface area contributed by atoms with E-state index < -0.39 is 0 Å². The van der Waals surface area contributed by atoms with E-state index in [1.807, 2.05) is 0 Å². The van der Waals surface area contributed by atoms with Crippen molar-refractivity contribution in [1.29, 1.82) is 0 Å². The zero-order valence-electron chi connectivity index (χ0n) is 8.28. The Morgan fingerprint density at radius 2 is 2.14 bits per heavy atom. The van der Waals surface area contributed by atoms with E-state index in [1.54, 1.807) is 22.7 Å². The zero-order chi connectivity index (χ0) is 10.1. The highest BCUT2D eigenvalue weighted by Crippen LogP contribution is 2.30. The average Bonchev–Trinajstić information content (AvgIpc) is 2.73. The number of nitrogens with two attached hydrogens (primary N) is 1. The molecule has 0 fully saturated rings. The van der Waals surface area contributed by atoms with Crippen LogP contribution in [0.15, 0.2) is 22.9 Å². The molecule has 0 radical (unpaired) electrons. The third-order valence-electron chi connectivity index (χ3n) is 2.26. The summed E-state index contributed by atoms with van der Waals surface area (Å²) < 4.78 is 0. The summed E-state index contributed by atoms with van der Waals surface area (Å²) in [4.78, 5) is 2.63. The van der Waals surface area contributed by atoms with E-state index in [2.05, 4.69) is 36.7 Å². The SMILES string of the molecule is Cc1cc(C)c(C(N)c2ccsc2)s1. The molecule has 2 N–H and O–H groups in total. The zero-order valence-corrected chi connectivity index (χ0v) is 9.91. The fourth-order valence-corrected chi connectivity index (χ4v) is 3.33. The highest BCUT2D eigenvalue weighted by atomic mass is 32.1. The Bertz CT molecular complexity index is 414. The average molecular weight is 223 g/mol. The molecular formula is C11H13NS2. The smallest absolute Gasteiger partial charge is 0.0656 e. The van der Waals surface area contributed by atoms with Gasteiger partial charge in [0.2, 0.25) is 0 Å². The Balaban J connectivity index is 2.36. The third-order valence-corrected chi connectivity index (χ3v) is 4.20. The van der Waals surface area contributed by atoms with Crippen LogP contribution in [0.3, 0.4) is 0 Å². The highest BCUT2D eigenvalue weighted by Gasteiger charge is 2.13. The third kappa shape index (κ3) is 1.75. The molecule has 0 aliphatic heterocycles. The molecule has 0 aromatic carbocycles. The molecule has 2 heterocycles. The molecule has 2 aromatic rings. The van der Waals surface area contributed by atoms with E-state index in [1.165, 1.54) is 20.9 Å². The Hall–Kier alpha value is -0.640. The first-order valence-electron chi connectivity index (χ1n) is 4.53. The minimum Gasteiger partial charge on any atom is -0.320 e. The van der Waals surface area contributed by atoms with Gasteiger partial charge in [0.05, 0.1) is 6.04 Å². The molecule has 3 heteroatoms. The van der Waals surface area contributed by atoms with Crippen LogP contribution in [0.2, 0.25) is 0 Å². The van der Waals surface area contributed by atoms with Crippen molar-refractivity contribution in [1.82, 2.24) is 0 Å². The molecule has 1 atom stereocenters. The lowest BCUT2D eigenvalue weighted by atomic mass is 10.1. The van der Waals surface area contributed by atoms with E-state index >= 15 is 0 Å². The first-order valence-corrected chi connectivity index (χ1v) is 6.29. The van der Waals surface area contributed by atoms with E-state index in [9.17, 15) is 0 Å². The fourth-order valence-electron chi connectivity index (χ4n) is 1.57. The van der Waals surface area contributed by atoms with Gasteiger partial charge < -0.3 is 5.73 Å². The lowest BCUT2D eigenvalue weighted by Gasteiger charge is -2.08. The van der Waals surface area contributed by atoms with Gasteiger partial charge in [-0.25, -0.2) is 0 Å². The minimum absolute atomic E-state index is 0.0555. The fraction of sp³-hybridized carbons (Fsp3) is 0.273. The largest absolute Gasteiger partial charge is 0.320 e. The minimum atomic E-state index is 0.0555. The van der Waals surface area contributed by atoms with Crippen LogP contribution in [0, 0.1) is 13.8 Å². The summed E-state index contributed by atoms with van der Waals surface area (Å²) in [5.74, 6) is 0. The van der Waals surface area contributed by atoms with Gasteiger partial charge in [-0.3, -0.25) is 0 Å². The van der Waals surface area contributed by atoms with Crippen LogP contribution in [0.25, 0.3) is 0 Å². The molecule has 0 aliphatic carbocycles. The molecule has 0 saturated heterocycles. The maximum absolute atomic E-state index is 6.19. The monoisotopic (exact) mass is 223 g/mol. The van der Waals surface area contributed by atoms with Crippen LogP contribution < -0.4 is 5.73 Å². The Kier molecular flexibility index (Phi) is 2.72. The summed E-state index contributed by atoms with van der Waals surface area (Å²) in [5.41, 5.74) is 8.73. The summed E-state index contributed by atoms with van der Waals surface area (Å²) in [6.45, 7) is 4.26. The lowest BCUT2D eigenvalue weighted by molar-refractivity contribution is 0.891. The van der Waals surface area contributed by atoms with E-state index in [0.29, 0.717) is 0 Å². The van der Waals surface area contributed by atoms with Crippen molar-refractivity contribution in [3.8, 4) is 0 Å². The molecule has 1 unspecified atom stereocenters. The number of rotatable bonds is 2. The molecule has 74 valence electrons. The first-order chi connectivity index (χ1) is 6.68. The van der Waals surface area contributed by atoms with Gasteiger partial charge in [0.25, 0.3) is 0 Å². The second-order valence-corrected chi connectivity index (χ2v) is 5.51. The quantitative estimate of drug-likeness (QED) is 0.829. The lowest BCUT2D eigenvalue weighted by Crippen LogP contribution is -2.09. The van der Waals surface area contributed by atoms with Gasteiger partial charge in [-0.2, -0.15) is 11.3 Å². The Labute approximate surface area is 92.2 Å². The summed E-state index contributed by atoms with van der Waals surface area (Å²) in [6, 6.07) is 4.36. The number of aryl methyl sites for hydroxylation is 2. The predicted octanol–water partition coefficient (Wildman–Crippen LogP) is 3.47. The van der Waals surface area contributed by atoms with Crippen LogP contribution in [0.4, 0.5) is 0 Å². The molecule has 0 bridgehead atoms. The summed E-state index contributed by atoms with van der Waals surface area (Å²) in [7, 11) is 0. The molecule has 2 aromatic heterocycles. The van der Waals surface area contributed by atoms with Crippen molar-refractivity contribution in [2.24, 2.45) is 5.73 Å². The van der Waals surface area contributed by atoms with Crippen LogP contribution in [0.5, 0.6) is 0 Å². The van der Waals surface area contributed by atoms with Crippen LogP contribution in [0.1, 0.15) is 26.9 Å². The normalized spacial score (nSPS) is 13.1. The number of hydrogen-bond donors (Lipinski definition) is 1. The maximum atomic E-state index is 6.19. The number of thiophene rings is 2. The van der Waals surface area contributed by atoms with Gasteiger partial charge in [-0.15, -0.1) is 11.3 Å². The standard InChI is InChI=1S/C11H13NS2/c1-7-5-8(2)14-11(7)10(12)9-3-4-13-6-9/h3-6,10H,12H2,1-2H3. The molecule has 0 spiro atoms. The van der Waals surface area contributed by atoms with E-state index in [4.69, 9.17) is 5.73 Å². The van der Waals surface area contributed by atoms with Gasteiger partial charge in [0, 0.05) is 9.75 Å². The molecule has 2 rings (SSSR count). The summed E-state index contributed by atoms with van der Waals surface area (Å²) in [6.07, 6.45) is 0. The second-order valence-electron chi connectivity index (χ2n) is 3.44. The van der Waals surface area contributed by atoms with Crippen LogP contribution >= 0.6 is 22.7 Å². The van der Waals surface area contributed by atoms with Gasteiger partial charge >= 0.3 is 0 Å². The highest BCUT2D eigenvalue weighted by molar-refractivity contribution is 7.12. The Morgan fingerprint density at radius 1 is 1.36 bits per heavy atom. The van der Waals surface area contributed by atoms with Crippen molar-refractivity contribution in [3.05, 3.63) is 43.8 Å². The van der Waals surface area contributed by atoms with Crippen LogP contribution in [-0.2, 0) is 0 Å². The molecule has 0 saturated carbocycles. The second kappa shape index (κ2) is 3.85. The Morgan fingerprint density at radius 3 is 2.64 bits per heavy atom. The molecular weight excluding hydrogens is 210 g/mol. The molecule has 0 aliphatic rings. The van der Waals surface area contributed by atoms with Gasteiger partial charge in [0.1, 0.15) is 0 Å². The van der Waals surface area contributed by atoms with E-state index in [-0.39, 0.29) is 6.04 Å². The topological polar surface area (TPSA) is 26.0 Å².